The van der Waals surface area contributed by atoms with Crippen LogP contribution in [0.1, 0.15) is 0 Å². The molecule has 0 aliphatic heterocycles. The van der Waals surface area contributed by atoms with E-state index in [1.807, 2.05) is 6.20 Å². The molecule has 2 aromatic heterocycles. The number of hydrogen-bond acceptors (Lipinski definition) is 2. The van der Waals surface area contributed by atoms with Crippen molar-refractivity contribution in [1.29, 1.82) is 0 Å². The van der Waals surface area contributed by atoms with Gasteiger partial charge in [0.1, 0.15) is 0 Å². The molecule has 2 heterocycles. The smallest absolute Gasteiger partial charge is 0.0788 e. The molecule has 0 bridgehead atoms. The molecule has 0 atom stereocenters. The molecule has 2 nitrogen and oxygen atoms in total. The van der Waals surface area contributed by atoms with Crippen molar-refractivity contribution < 1.29 is 0 Å². The third kappa shape index (κ3) is 4.73. The number of rotatable bonds is 4. The summed E-state index contributed by atoms with van der Waals surface area (Å²) < 4.78 is 0. The summed E-state index contributed by atoms with van der Waals surface area (Å²) in [5.74, 6) is 0. The number of hydrogen-bond donors (Lipinski definition) is 0. The van der Waals surface area contributed by atoms with E-state index >= 15 is 0 Å². The Bertz CT molecular complexity index is 2910. The van der Waals surface area contributed by atoms with Gasteiger partial charge in [0, 0.05) is 38.9 Å². The van der Waals surface area contributed by atoms with E-state index in [-0.39, 0.29) is 0 Å². The van der Waals surface area contributed by atoms with Gasteiger partial charge in [-0.3, -0.25) is 4.98 Å². The van der Waals surface area contributed by atoms with Gasteiger partial charge in [0.15, 0.2) is 0 Å². The molecule has 0 radical (unpaired) electrons. The lowest BCUT2D eigenvalue weighted by molar-refractivity contribution is 1.36. The molecule has 0 fully saturated rings. The van der Waals surface area contributed by atoms with Crippen molar-refractivity contribution in [2.75, 3.05) is 0 Å². The van der Waals surface area contributed by atoms with Crippen LogP contribution in [0.2, 0.25) is 0 Å². The lowest BCUT2D eigenvalue weighted by atomic mass is 9.89. The fraction of sp³-hybridized carbons (Fsp3) is 0. The van der Waals surface area contributed by atoms with E-state index in [4.69, 9.17) is 9.97 Å². The molecule has 10 rings (SSSR count). The molecule has 232 valence electrons. The molecular formula is C48H30N2. The number of benzene rings is 8. The summed E-state index contributed by atoms with van der Waals surface area (Å²) in [6.07, 6.45) is 1.98. The van der Waals surface area contributed by atoms with Crippen LogP contribution >= 0.6 is 0 Å². The van der Waals surface area contributed by atoms with Gasteiger partial charge in [-0.25, -0.2) is 4.98 Å². The molecule has 50 heavy (non-hydrogen) atoms. The minimum Gasteiger partial charge on any atom is -0.256 e. The van der Waals surface area contributed by atoms with Crippen molar-refractivity contribution in [3.8, 4) is 44.8 Å². The molecule has 10 aromatic rings. The van der Waals surface area contributed by atoms with Crippen molar-refractivity contribution in [2.45, 2.75) is 0 Å². The Labute approximate surface area is 290 Å². The van der Waals surface area contributed by atoms with Crippen LogP contribution < -0.4 is 0 Å². The molecule has 8 aromatic carbocycles. The molecule has 0 aliphatic rings. The van der Waals surface area contributed by atoms with E-state index in [1.54, 1.807) is 0 Å². The number of para-hydroxylation sites is 1. The van der Waals surface area contributed by atoms with Crippen LogP contribution in [0.25, 0.3) is 98.8 Å². The molecule has 0 saturated carbocycles. The summed E-state index contributed by atoms with van der Waals surface area (Å²) in [5.41, 5.74) is 9.96. The number of nitrogens with zero attached hydrogens (tertiary/aromatic N) is 2. The standard InChI is InChI=1S/C48H30N2/c1-2-10-31(11-3-1)36-23-25-38-30-49-46(28-39(38)27-36)34-21-19-33(20-22-34)43-29-44-47(41-15-7-6-14-40(41)43)42-16-8-9-17-45(42)50-48(44)37-24-18-32-12-4-5-13-35(32)26-37/h1-30H. The van der Waals surface area contributed by atoms with Gasteiger partial charge >= 0.3 is 0 Å². The zero-order valence-electron chi connectivity index (χ0n) is 27.2. The first-order valence-corrected chi connectivity index (χ1v) is 17.1. The highest BCUT2D eigenvalue weighted by atomic mass is 14.7. The maximum absolute atomic E-state index is 5.32. The van der Waals surface area contributed by atoms with Crippen LogP contribution in [0.3, 0.4) is 0 Å². The zero-order valence-corrected chi connectivity index (χ0v) is 27.2. The summed E-state index contributed by atoms with van der Waals surface area (Å²) in [6.45, 7) is 0. The first kappa shape index (κ1) is 28.4. The van der Waals surface area contributed by atoms with Gasteiger partial charge in [-0.2, -0.15) is 0 Å². The maximum atomic E-state index is 5.32. The number of pyridine rings is 2. The molecule has 0 unspecified atom stereocenters. The first-order valence-electron chi connectivity index (χ1n) is 17.1. The minimum absolute atomic E-state index is 0.965. The van der Waals surface area contributed by atoms with E-state index in [0.29, 0.717) is 0 Å². The highest BCUT2D eigenvalue weighted by molar-refractivity contribution is 6.25. The monoisotopic (exact) mass is 634 g/mol. The summed E-state index contributed by atoms with van der Waals surface area (Å²) in [6, 6.07) is 63.1. The molecular weight excluding hydrogens is 605 g/mol. The van der Waals surface area contributed by atoms with Crippen molar-refractivity contribution in [1.82, 2.24) is 9.97 Å². The van der Waals surface area contributed by atoms with Crippen molar-refractivity contribution in [3.05, 3.63) is 182 Å². The lowest BCUT2D eigenvalue weighted by Crippen LogP contribution is -1.93. The number of aromatic nitrogens is 2. The van der Waals surface area contributed by atoms with E-state index in [0.717, 1.165) is 44.4 Å². The highest BCUT2D eigenvalue weighted by Gasteiger charge is 2.17. The SMILES string of the molecule is c1ccc(-c2ccc3cnc(-c4ccc(-c5cc6c(-c7ccc8ccccc8c7)nc7ccccc7c6c6ccccc56)cc4)cc3c2)cc1. The molecule has 0 aliphatic carbocycles. The van der Waals surface area contributed by atoms with E-state index in [1.165, 1.54) is 54.4 Å². The summed E-state index contributed by atoms with van der Waals surface area (Å²) in [7, 11) is 0. The average molecular weight is 635 g/mol. The Morgan fingerprint density at radius 2 is 0.980 bits per heavy atom. The van der Waals surface area contributed by atoms with Crippen LogP contribution in [-0.4, -0.2) is 9.97 Å². The number of fused-ring (bicyclic) bond motifs is 7. The van der Waals surface area contributed by atoms with Gasteiger partial charge < -0.3 is 0 Å². The minimum atomic E-state index is 0.965. The van der Waals surface area contributed by atoms with Crippen LogP contribution in [0.15, 0.2) is 182 Å². The first-order chi connectivity index (χ1) is 24.8. The van der Waals surface area contributed by atoms with E-state index in [9.17, 15) is 0 Å². The van der Waals surface area contributed by atoms with Crippen LogP contribution in [0.4, 0.5) is 0 Å². The van der Waals surface area contributed by atoms with Gasteiger partial charge in [0.25, 0.3) is 0 Å². The quantitative estimate of drug-likeness (QED) is 0.180. The van der Waals surface area contributed by atoms with Gasteiger partial charge in [-0.15, -0.1) is 0 Å². The second-order valence-electron chi connectivity index (χ2n) is 13.0. The lowest BCUT2D eigenvalue weighted by Gasteiger charge is -2.16. The molecule has 0 saturated heterocycles. The Morgan fingerprint density at radius 1 is 0.340 bits per heavy atom. The topological polar surface area (TPSA) is 25.8 Å². The molecule has 0 spiro atoms. The van der Waals surface area contributed by atoms with Gasteiger partial charge in [0.05, 0.1) is 16.9 Å². The van der Waals surface area contributed by atoms with Crippen LogP contribution in [0, 0.1) is 0 Å². The van der Waals surface area contributed by atoms with Gasteiger partial charge in [0.2, 0.25) is 0 Å². The fourth-order valence-corrected chi connectivity index (χ4v) is 7.54. The Hall–Kier alpha value is -6.64. The predicted octanol–water partition coefficient (Wildman–Crippen LogP) is 12.9. The second kappa shape index (κ2) is 11.5. The van der Waals surface area contributed by atoms with Crippen LogP contribution in [0.5, 0.6) is 0 Å². The zero-order chi connectivity index (χ0) is 33.0. The van der Waals surface area contributed by atoms with E-state index in [2.05, 4.69) is 176 Å². The van der Waals surface area contributed by atoms with Crippen LogP contribution in [-0.2, 0) is 0 Å². The van der Waals surface area contributed by atoms with E-state index < -0.39 is 0 Å². The third-order valence-electron chi connectivity index (χ3n) is 10.0. The Kier molecular flexibility index (Phi) is 6.53. The normalized spacial score (nSPS) is 11.6. The maximum Gasteiger partial charge on any atom is 0.0788 e. The predicted molar refractivity (Wildman–Crippen MR) is 211 cm³/mol. The van der Waals surface area contributed by atoms with Gasteiger partial charge in [-0.05, 0) is 79.5 Å². The van der Waals surface area contributed by atoms with Crippen molar-refractivity contribution in [3.63, 3.8) is 0 Å². The highest BCUT2D eigenvalue weighted by Crippen LogP contribution is 2.42. The Balaban J connectivity index is 1.14. The summed E-state index contributed by atoms with van der Waals surface area (Å²) in [4.78, 5) is 10.2. The van der Waals surface area contributed by atoms with Gasteiger partial charge in [-0.1, -0.05) is 146 Å². The molecule has 0 amide bonds. The Morgan fingerprint density at radius 3 is 1.84 bits per heavy atom. The third-order valence-corrected chi connectivity index (χ3v) is 10.0. The summed E-state index contributed by atoms with van der Waals surface area (Å²) >= 11 is 0. The second-order valence-corrected chi connectivity index (χ2v) is 13.0. The molecule has 0 N–H and O–H groups in total. The largest absolute Gasteiger partial charge is 0.256 e. The van der Waals surface area contributed by atoms with Crippen molar-refractivity contribution >= 4 is 54.0 Å². The summed E-state index contributed by atoms with van der Waals surface area (Å²) in [5, 5.41) is 10.8. The average Bonchev–Trinajstić information content (AvgIpc) is 3.20. The fourth-order valence-electron chi connectivity index (χ4n) is 7.54. The molecule has 2 heteroatoms. The van der Waals surface area contributed by atoms with Crippen molar-refractivity contribution in [2.24, 2.45) is 0 Å².